The lowest BCUT2D eigenvalue weighted by Gasteiger charge is -2.06. The van der Waals surface area contributed by atoms with Gasteiger partial charge in [-0.15, -0.1) is 0 Å². The quantitative estimate of drug-likeness (QED) is 0.414. The van der Waals surface area contributed by atoms with E-state index < -0.39 is 0 Å². The standard InChI is InChI=1S/C22H16N2O/c1-2-19-23-20(16-12-11-14-7-3-4-8-15(14)13-16)22-21(24-19)17-9-5-6-10-18(17)25-22/h3-13H,2H2,1H3. The van der Waals surface area contributed by atoms with Crippen molar-refractivity contribution in [3.8, 4) is 11.3 Å². The van der Waals surface area contributed by atoms with E-state index in [9.17, 15) is 0 Å². The van der Waals surface area contributed by atoms with Crippen LogP contribution < -0.4 is 0 Å². The SMILES string of the molecule is CCc1nc(-c2ccc3ccccc3c2)c2oc3ccccc3c2n1. The highest BCUT2D eigenvalue weighted by Crippen LogP contribution is 2.34. The van der Waals surface area contributed by atoms with Crippen molar-refractivity contribution in [1.82, 2.24) is 9.97 Å². The third-order valence-corrected chi connectivity index (χ3v) is 4.61. The van der Waals surface area contributed by atoms with Crippen molar-refractivity contribution in [3.63, 3.8) is 0 Å². The molecular weight excluding hydrogens is 308 g/mol. The Hall–Kier alpha value is -3.20. The smallest absolute Gasteiger partial charge is 0.180 e. The predicted molar refractivity (Wildman–Crippen MR) is 102 cm³/mol. The molecular formula is C22H16N2O. The predicted octanol–water partition coefficient (Wildman–Crippen LogP) is 5.76. The van der Waals surface area contributed by atoms with Crippen LogP contribution in [0.3, 0.4) is 0 Å². The van der Waals surface area contributed by atoms with Crippen molar-refractivity contribution in [3.05, 3.63) is 72.6 Å². The average Bonchev–Trinajstić information content (AvgIpc) is 3.05. The van der Waals surface area contributed by atoms with Crippen LogP contribution in [-0.4, -0.2) is 9.97 Å². The van der Waals surface area contributed by atoms with Crippen LogP contribution in [0, 0.1) is 0 Å². The maximum absolute atomic E-state index is 6.12. The maximum Gasteiger partial charge on any atom is 0.180 e. The number of furan rings is 1. The first-order valence-electron chi connectivity index (χ1n) is 8.51. The van der Waals surface area contributed by atoms with Gasteiger partial charge in [-0.2, -0.15) is 0 Å². The highest BCUT2D eigenvalue weighted by molar-refractivity contribution is 6.06. The van der Waals surface area contributed by atoms with Crippen LogP contribution in [0.25, 0.3) is 44.1 Å². The zero-order valence-electron chi connectivity index (χ0n) is 13.9. The first kappa shape index (κ1) is 14.2. The fraction of sp³-hybridized carbons (Fsp3) is 0.0909. The summed E-state index contributed by atoms with van der Waals surface area (Å²) in [5, 5.41) is 3.45. The molecule has 25 heavy (non-hydrogen) atoms. The molecule has 0 aliphatic heterocycles. The van der Waals surface area contributed by atoms with E-state index in [1.807, 2.05) is 18.2 Å². The van der Waals surface area contributed by atoms with Gasteiger partial charge in [-0.05, 0) is 29.0 Å². The van der Waals surface area contributed by atoms with Gasteiger partial charge < -0.3 is 4.42 Å². The Labute approximate surface area is 144 Å². The molecule has 2 heterocycles. The van der Waals surface area contributed by atoms with Crippen molar-refractivity contribution in [2.24, 2.45) is 0 Å². The van der Waals surface area contributed by atoms with Crippen LogP contribution in [0.4, 0.5) is 0 Å². The first-order chi connectivity index (χ1) is 12.3. The number of hydrogen-bond acceptors (Lipinski definition) is 3. The van der Waals surface area contributed by atoms with E-state index in [-0.39, 0.29) is 0 Å². The monoisotopic (exact) mass is 324 g/mol. The van der Waals surface area contributed by atoms with E-state index in [1.54, 1.807) is 0 Å². The van der Waals surface area contributed by atoms with Crippen molar-refractivity contribution in [2.45, 2.75) is 13.3 Å². The molecule has 5 aromatic rings. The van der Waals surface area contributed by atoms with Gasteiger partial charge in [0.25, 0.3) is 0 Å². The lowest BCUT2D eigenvalue weighted by atomic mass is 10.0. The van der Waals surface area contributed by atoms with Gasteiger partial charge in [0.2, 0.25) is 0 Å². The Balaban J connectivity index is 1.86. The highest BCUT2D eigenvalue weighted by Gasteiger charge is 2.16. The second kappa shape index (κ2) is 5.42. The van der Waals surface area contributed by atoms with Crippen molar-refractivity contribution < 1.29 is 4.42 Å². The minimum atomic E-state index is 0.758. The summed E-state index contributed by atoms with van der Waals surface area (Å²) in [6, 6.07) is 22.8. The summed E-state index contributed by atoms with van der Waals surface area (Å²) in [5.41, 5.74) is 4.42. The van der Waals surface area contributed by atoms with Gasteiger partial charge >= 0.3 is 0 Å². The number of hydrogen-bond donors (Lipinski definition) is 0. The molecule has 0 unspecified atom stereocenters. The van der Waals surface area contributed by atoms with Gasteiger partial charge in [0.15, 0.2) is 5.58 Å². The first-order valence-corrected chi connectivity index (χ1v) is 8.51. The maximum atomic E-state index is 6.12. The van der Waals surface area contributed by atoms with Gasteiger partial charge in [0, 0.05) is 17.4 Å². The molecule has 0 radical (unpaired) electrons. The van der Waals surface area contributed by atoms with E-state index in [2.05, 4.69) is 55.5 Å². The number of rotatable bonds is 2. The van der Waals surface area contributed by atoms with E-state index in [0.717, 1.165) is 45.6 Å². The summed E-state index contributed by atoms with van der Waals surface area (Å²) in [6.07, 6.45) is 0.788. The van der Waals surface area contributed by atoms with Gasteiger partial charge in [-0.1, -0.05) is 55.5 Å². The minimum absolute atomic E-state index is 0.758. The molecule has 0 saturated carbocycles. The summed E-state index contributed by atoms with van der Waals surface area (Å²) in [4.78, 5) is 9.51. The molecule has 3 aromatic carbocycles. The summed E-state index contributed by atoms with van der Waals surface area (Å²) >= 11 is 0. The van der Waals surface area contributed by atoms with Gasteiger partial charge in [0.05, 0.1) is 0 Å². The highest BCUT2D eigenvalue weighted by atomic mass is 16.3. The van der Waals surface area contributed by atoms with E-state index in [4.69, 9.17) is 14.4 Å². The summed E-state index contributed by atoms with van der Waals surface area (Å²) in [5.74, 6) is 0.835. The molecule has 0 spiro atoms. The van der Waals surface area contributed by atoms with Gasteiger partial charge in [-0.3, -0.25) is 0 Å². The second-order valence-corrected chi connectivity index (χ2v) is 6.18. The largest absolute Gasteiger partial charge is 0.452 e. The van der Waals surface area contributed by atoms with E-state index in [0.29, 0.717) is 0 Å². The molecule has 0 saturated heterocycles. The molecule has 0 amide bonds. The van der Waals surface area contributed by atoms with Crippen molar-refractivity contribution >= 4 is 32.8 Å². The van der Waals surface area contributed by atoms with Gasteiger partial charge in [-0.25, -0.2) is 9.97 Å². The van der Waals surface area contributed by atoms with E-state index >= 15 is 0 Å². The summed E-state index contributed by atoms with van der Waals surface area (Å²) < 4.78 is 6.12. The summed E-state index contributed by atoms with van der Waals surface area (Å²) in [6.45, 7) is 2.08. The number of para-hydroxylation sites is 1. The average molecular weight is 324 g/mol. The molecule has 0 atom stereocenters. The zero-order chi connectivity index (χ0) is 16.8. The number of nitrogens with zero attached hydrogens (tertiary/aromatic N) is 2. The number of aromatic nitrogens is 2. The van der Waals surface area contributed by atoms with E-state index in [1.165, 1.54) is 10.8 Å². The molecule has 0 aliphatic rings. The Morgan fingerprint density at radius 3 is 2.52 bits per heavy atom. The molecule has 2 aromatic heterocycles. The fourth-order valence-corrected chi connectivity index (χ4v) is 3.33. The van der Waals surface area contributed by atoms with Gasteiger partial charge in [0.1, 0.15) is 22.6 Å². The second-order valence-electron chi connectivity index (χ2n) is 6.18. The molecule has 0 N–H and O–H groups in total. The number of benzene rings is 3. The van der Waals surface area contributed by atoms with Crippen molar-refractivity contribution in [2.75, 3.05) is 0 Å². The zero-order valence-corrected chi connectivity index (χ0v) is 13.9. The number of aryl methyl sites for hydroxylation is 1. The molecule has 120 valence electrons. The van der Waals surface area contributed by atoms with Crippen LogP contribution in [0.5, 0.6) is 0 Å². The lowest BCUT2D eigenvalue weighted by Crippen LogP contribution is -1.96. The normalized spacial score (nSPS) is 11.6. The van der Waals surface area contributed by atoms with Crippen molar-refractivity contribution in [1.29, 1.82) is 0 Å². The van der Waals surface area contributed by atoms with Crippen LogP contribution in [0.15, 0.2) is 71.1 Å². The molecule has 0 aliphatic carbocycles. The van der Waals surface area contributed by atoms with Crippen LogP contribution in [0.2, 0.25) is 0 Å². The molecule has 0 bridgehead atoms. The van der Waals surface area contributed by atoms with Crippen LogP contribution in [-0.2, 0) is 6.42 Å². The summed E-state index contributed by atoms with van der Waals surface area (Å²) in [7, 11) is 0. The number of fused-ring (bicyclic) bond motifs is 4. The molecule has 0 fully saturated rings. The molecule has 3 heteroatoms. The Kier molecular flexibility index (Phi) is 3.07. The Morgan fingerprint density at radius 1 is 0.840 bits per heavy atom. The lowest BCUT2D eigenvalue weighted by molar-refractivity contribution is 0.666. The Morgan fingerprint density at radius 2 is 1.64 bits per heavy atom. The molecule has 3 nitrogen and oxygen atoms in total. The fourth-order valence-electron chi connectivity index (χ4n) is 3.33. The molecule has 5 rings (SSSR count). The minimum Gasteiger partial charge on any atom is -0.452 e. The van der Waals surface area contributed by atoms with Crippen LogP contribution >= 0.6 is 0 Å². The van der Waals surface area contributed by atoms with Crippen LogP contribution in [0.1, 0.15) is 12.7 Å². The Bertz CT molecular complexity index is 1240. The third-order valence-electron chi connectivity index (χ3n) is 4.61. The third kappa shape index (κ3) is 2.20. The topological polar surface area (TPSA) is 38.9 Å².